The molecule has 170 valence electrons. The van der Waals surface area contributed by atoms with Gasteiger partial charge < -0.3 is 14.8 Å². The molecule has 0 bridgehead atoms. The standard InChI is InChI=1S/C24H30FN5O2/c1-16-17(2)30(14-19-5-7-20(25)8-6-19)24(22(16)13-26)27-23(32)15-29-11-9-21(10-12-29)28(4)18(3)31/h5-8,21H,9-12,14-15H2,1-4H3,(H,27,32). The predicted octanol–water partition coefficient (Wildman–Crippen LogP) is 3.05. The first-order valence-corrected chi connectivity index (χ1v) is 10.8. The van der Waals surface area contributed by atoms with Crippen molar-refractivity contribution in [3.63, 3.8) is 0 Å². The maximum atomic E-state index is 13.3. The molecule has 2 heterocycles. The zero-order chi connectivity index (χ0) is 23.4. The molecule has 1 aromatic carbocycles. The second kappa shape index (κ2) is 9.96. The third-order valence-corrected chi connectivity index (χ3v) is 6.42. The average Bonchev–Trinajstić information content (AvgIpc) is 2.98. The fourth-order valence-electron chi connectivity index (χ4n) is 4.20. The van der Waals surface area contributed by atoms with Crippen LogP contribution in [0.5, 0.6) is 0 Å². The largest absolute Gasteiger partial charge is 0.343 e. The van der Waals surface area contributed by atoms with Gasteiger partial charge in [0.15, 0.2) is 0 Å². The first-order valence-electron chi connectivity index (χ1n) is 10.8. The van der Waals surface area contributed by atoms with Crippen LogP contribution in [0.3, 0.4) is 0 Å². The van der Waals surface area contributed by atoms with Crippen LogP contribution in [0.4, 0.5) is 10.2 Å². The molecule has 1 aliphatic rings. The maximum absolute atomic E-state index is 13.3. The molecule has 7 nitrogen and oxygen atoms in total. The molecular weight excluding hydrogens is 409 g/mol. The smallest absolute Gasteiger partial charge is 0.239 e. The van der Waals surface area contributed by atoms with Crippen LogP contribution in [0.15, 0.2) is 24.3 Å². The van der Waals surface area contributed by atoms with Gasteiger partial charge >= 0.3 is 0 Å². The highest BCUT2D eigenvalue weighted by Crippen LogP contribution is 2.27. The van der Waals surface area contributed by atoms with Crippen molar-refractivity contribution >= 4 is 17.6 Å². The fraction of sp³-hybridized carbons (Fsp3) is 0.458. The number of aromatic nitrogens is 1. The quantitative estimate of drug-likeness (QED) is 0.750. The highest BCUT2D eigenvalue weighted by Gasteiger charge is 2.26. The lowest BCUT2D eigenvalue weighted by atomic mass is 10.0. The molecule has 1 saturated heterocycles. The topological polar surface area (TPSA) is 81.4 Å². The summed E-state index contributed by atoms with van der Waals surface area (Å²) in [6, 6.07) is 8.61. The molecule has 1 aromatic heterocycles. The Morgan fingerprint density at radius 2 is 1.84 bits per heavy atom. The van der Waals surface area contributed by atoms with E-state index in [1.165, 1.54) is 12.1 Å². The van der Waals surface area contributed by atoms with Gasteiger partial charge in [0.25, 0.3) is 0 Å². The Hall–Kier alpha value is -3.18. The van der Waals surface area contributed by atoms with Gasteiger partial charge in [0, 0.05) is 45.3 Å². The van der Waals surface area contributed by atoms with Gasteiger partial charge in [0.05, 0.1) is 12.1 Å². The summed E-state index contributed by atoms with van der Waals surface area (Å²) in [6.45, 7) is 7.45. The molecule has 8 heteroatoms. The second-order valence-electron chi connectivity index (χ2n) is 8.44. The lowest BCUT2D eigenvalue weighted by molar-refractivity contribution is -0.130. The van der Waals surface area contributed by atoms with E-state index < -0.39 is 0 Å². The van der Waals surface area contributed by atoms with Crippen molar-refractivity contribution < 1.29 is 14.0 Å². The number of carbonyl (C=O) groups excluding carboxylic acids is 2. The molecule has 0 atom stereocenters. The zero-order valence-electron chi connectivity index (χ0n) is 19.1. The van der Waals surface area contributed by atoms with Crippen molar-refractivity contribution in [2.45, 2.75) is 46.2 Å². The number of anilines is 1. The van der Waals surface area contributed by atoms with Gasteiger partial charge in [-0.25, -0.2) is 4.39 Å². The number of amides is 2. The van der Waals surface area contributed by atoms with Crippen molar-refractivity contribution in [2.75, 3.05) is 32.0 Å². The molecule has 0 spiro atoms. The normalized spacial score (nSPS) is 14.8. The van der Waals surface area contributed by atoms with Crippen molar-refractivity contribution in [1.82, 2.24) is 14.4 Å². The van der Waals surface area contributed by atoms with Crippen LogP contribution >= 0.6 is 0 Å². The van der Waals surface area contributed by atoms with E-state index in [1.807, 2.05) is 25.5 Å². The van der Waals surface area contributed by atoms with E-state index in [0.29, 0.717) is 17.9 Å². The summed E-state index contributed by atoms with van der Waals surface area (Å²) < 4.78 is 15.2. The van der Waals surface area contributed by atoms with Crippen LogP contribution in [0.25, 0.3) is 0 Å². The average molecular weight is 440 g/mol. The van der Waals surface area contributed by atoms with Gasteiger partial charge in [-0.2, -0.15) is 5.26 Å². The maximum Gasteiger partial charge on any atom is 0.239 e. The van der Waals surface area contributed by atoms with Crippen molar-refractivity contribution in [3.05, 3.63) is 52.5 Å². The van der Waals surface area contributed by atoms with E-state index in [1.54, 1.807) is 24.0 Å². The van der Waals surface area contributed by atoms with Gasteiger partial charge in [0.1, 0.15) is 17.7 Å². The van der Waals surface area contributed by atoms with Crippen molar-refractivity contribution in [1.29, 1.82) is 5.26 Å². The van der Waals surface area contributed by atoms with Crippen LogP contribution in [-0.2, 0) is 16.1 Å². The van der Waals surface area contributed by atoms with Gasteiger partial charge in [-0.05, 0) is 49.9 Å². The van der Waals surface area contributed by atoms with E-state index in [9.17, 15) is 19.2 Å². The number of halogens is 1. The number of likely N-dealkylation sites (tertiary alicyclic amines) is 1. The molecule has 2 amide bonds. The summed E-state index contributed by atoms with van der Waals surface area (Å²) in [4.78, 5) is 28.3. The number of hydrogen-bond donors (Lipinski definition) is 1. The first kappa shape index (κ1) is 23.5. The Morgan fingerprint density at radius 3 is 2.41 bits per heavy atom. The molecule has 1 fully saturated rings. The third kappa shape index (κ3) is 5.17. The Bertz CT molecular complexity index is 1030. The van der Waals surface area contributed by atoms with Crippen molar-refractivity contribution in [3.8, 4) is 6.07 Å². The van der Waals surface area contributed by atoms with Crippen LogP contribution in [-0.4, -0.2) is 58.9 Å². The Kier molecular flexibility index (Phi) is 7.31. The summed E-state index contributed by atoms with van der Waals surface area (Å²) in [7, 11) is 1.82. The fourth-order valence-corrected chi connectivity index (χ4v) is 4.20. The lowest BCUT2D eigenvalue weighted by Gasteiger charge is -2.36. The Morgan fingerprint density at radius 1 is 1.22 bits per heavy atom. The number of nitriles is 1. The minimum Gasteiger partial charge on any atom is -0.343 e. The molecule has 0 unspecified atom stereocenters. The van der Waals surface area contributed by atoms with Gasteiger partial charge in [-0.3, -0.25) is 14.5 Å². The first-order chi connectivity index (χ1) is 15.2. The van der Waals surface area contributed by atoms with E-state index in [4.69, 9.17) is 0 Å². The van der Waals surface area contributed by atoms with E-state index >= 15 is 0 Å². The number of nitrogens with one attached hydrogen (secondary N) is 1. The zero-order valence-corrected chi connectivity index (χ0v) is 19.1. The highest BCUT2D eigenvalue weighted by atomic mass is 19.1. The molecule has 3 rings (SSSR count). The predicted molar refractivity (Wildman–Crippen MR) is 121 cm³/mol. The van der Waals surface area contributed by atoms with Gasteiger partial charge in [-0.1, -0.05) is 12.1 Å². The van der Waals surface area contributed by atoms with Gasteiger partial charge in [0.2, 0.25) is 11.8 Å². The van der Waals surface area contributed by atoms with Crippen LogP contribution in [0.1, 0.15) is 42.1 Å². The molecule has 1 aliphatic heterocycles. The number of hydrogen-bond acceptors (Lipinski definition) is 4. The Labute approximate surface area is 188 Å². The van der Waals surface area contributed by atoms with Crippen LogP contribution < -0.4 is 5.32 Å². The van der Waals surface area contributed by atoms with E-state index in [0.717, 1.165) is 42.8 Å². The van der Waals surface area contributed by atoms with E-state index in [-0.39, 0.29) is 30.2 Å². The summed E-state index contributed by atoms with van der Waals surface area (Å²) in [5, 5.41) is 12.6. The molecular formula is C24H30FN5O2. The molecule has 1 N–H and O–H groups in total. The highest BCUT2D eigenvalue weighted by molar-refractivity contribution is 5.93. The number of carbonyl (C=O) groups is 2. The summed E-state index contributed by atoms with van der Waals surface area (Å²) in [5.41, 5.74) is 3.02. The second-order valence-corrected chi connectivity index (χ2v) is 8.44. The summed E-state index contributed by atoms with van der Waals surface area (Å²) >= 11 is 0. The molecule has 0 radical (unpaired) electrons. The minimum absolute atomic E-state index is 0.0536. The molecule has 2 aromatic rings. The molecule has 0 saturated carbocycles. The summed E-state index contributed by atoms with van der Waals surface area (Å²) in [6.07, 6.45) is 1.65. The van der Waals surface area contributed by atoms with Crippen molar-refractivity contribution in [2.24, 2.45) is 0 Å². The van der Waals surface area contributed by atoms with Crippen LogP contribution in [0.2, 0.25) is 0 Å². The van der Waals surface area contributed by atoms with Gasteiger partial charge in [-0.15, -0.1) is 0 Å². The minimum atomic E-state index is -0.307. The third-order valence-electron chi connectivity index (χ3n) is 6.42. The molecule has 32 heavy (non-hydrogen) atoms. The number of piperidine rings is 1. The number of rotatable bonds is 6. The van der Waals surface area contributed by atoms with E-state index in [2.05, 4.69) is 16.3 Å². The lowest BCUT2D eigenvalue weighted by Crippen LogP contribution is -2.46. The summed E-state index contributed by atoms with van der Waals surface area (Å²) in [5.74, 6) is 0.0392. The number of nitrogens with zero attached hydrogens (tertiary/aromatic N) is 4. The number of benzene rings is 1. The monoisotopic (exact) mass is 439 g/mol. The molecule has 0 aliphatic carbocycles. The van der Waals surface area contributed by atoms with Crippen LogP contribution in [0, 0.1) is 31.0 Å². The Balaban J connectivity index is 1.70. The SMILES string of the molecule is CC(=O)N(C)C1CCN(CC(=O)Nc2c(C#N)c(C)c(C)n2Cc2ccc(F)cc2)CC1.